The molecule has 1 aromatic carbocycles. The Morgan fingerprint density at radius 3 is 2.73 bits per heavy atom. The van der Waals surface area contributed by atoms with E-state index in [-0.39, 0.29) is 12.4 Å². The maximum Gasteiger partial charge on any atom is 0.339 e. The maximum absolute atomic E-state index is 11.5. The lowest BCUT2D eigenvalue weighted by Crippen LogP contribution is -2.03. The van der Waals surface area contributed by atoms with Gasteiger partial charge in [-0.25, -0.2) is 14.3 Å². The first-order valence-corrected chi connectivity index (χ1v) is 6.51. The highest BCUT2D eigenvalue weighted by molar-refractivity contribution is 5.89. The van der Waals surface area contributed by atoms with E-state index in [0.717, 1.165) is 0 Å². The van der Waals surface area contributed by atoms with Crippen LogP contribution in [0, 0.1) is 0 Å². The van der Waals surface area contributed by atoms with E-state index in [0.29, 0.717) is 22.8 Å². The summed E-state index contributed by atoms with van der Waals surface area (Å²) in [6.45, 7) is 0.181. The number of phenolic OH excluding ortho intramolecular Hbond substituents is 1. The van der Waals surface area contributed by atoms with Gasteiger partial charge in [0.25, 0.3) is 0 Å². The van der Waals surface area contributed by atoms with E-state index in [2.05, 4.69) is 14.8 Å². The predicted octanol–water partition coefficient (Wildman–Crippen LogP) is 1.80. The Kier molecular flexibility index (Phi) is 3.61. The first-order chi connectivity index (χ1) is 10.7. The predicted molar refractivity (Wildman–Crippen MR) is 76.8 cm³/mol. The third-order valence-corrected chi connectivity index (χ3v) is 3.00. The molecule has 0 fully saturated rings. The molecule has 3 aromatic rings. The summed E-state index contributed by atoms with van der Waals surface area (Å²) in [7, 11) is 1.32. The molecule has 0 aliphatic heterocycles. The zero-order chi connectivity index (χ0) is 15.5. The molecule has 0 saturated carbocycles. The summed E-state index contributed by atoms with van der Waals surface area (Å²) in [5.74, 6) is 0.829. The van der Waals surface area contributed by atoms with Gasteiger partial charge in [0.05, 0.1) is 12.7 Å². The molecule has 0 aliphatic rings. The lowest BCUT2D eigenvalue weighted by atomic mass is 10.3. The molecule has 1 N–H and O–H groups in total. The van der Waals surface area contributed by atoms with Crippen LogP contribution in [0.2, 0.25) is 0 Å². The zero-order valence-electron chi connectivity index (χ0n) is 11.8. The van der Waals surface area contributed by atoms with Crippen LogP contribution in [0.1, 0.15) is 16.2 Å². The molecule has 0 atom stereocenters. The Morgan fingerprint density at radius 2 is 2.00 bits per heavy atom. The van der Waals surface area contributed by atoms with Gasteiger partial charge in [0.15, 0.2) is 11.5 Å². The lowest BCUT2D eigenvalue weighted by Gasteiger charge is -2.02. The highest BCUT2D eigenvalue weighted by Crippen LogP contribution is 2.17. The highest BCUT2D eigenvalue weighted by atomic mass is 16.5. The molecule has 7 heteroatoms. The molecule has 3 rings (SSSR count). The van der Waals surface area contributed by atoms with Crippen molar-refractivity contribution in [3.05, 3.63) is 54.0 Å². The number of aromatic hydroxyl groups is 1. The molecule has 0 bridgehead atoms. The van der Waals surface area contributed by atoms with Gasteiger partial charge in [-0.05, 0) is 36.4 Å². The molecule has 22 heavy (non-hydrogen) atoms. The summed E-state index contributed by atoms with van der Waals surface area (Å²) in [6, 6.07) is 9.69. The summed E-state index contributed by atoms with van der Waals surface area (Å²) in [5, 5.41) is 13.5. The molecule has 0 spiro atoms. The lowest BCUT2D eigenvalue weighted by molar-refractivity contribution is 0.0600. The molecule has 7 nitrogen and oxygen atoms in total. The van der Waals surface area contributed by atoms with Crippen LogP contribution in [-0.2, 0) is 11.3 Å². The third kappa shape index (κ3) is 2.83. The van der Waals surface area contributed by atoms with Gasteiger partial charge in [0.1, 0.15) is 18.1 Å². The van der Waals surface area contributed by atoms with Crippen molar-refractivity contribution >= 4 is 11.6 Å². The zero-order valence-corrected chi connectivity index (χ0v) is 11.8. The molecule has 112 valence electrons. The Bertz CT molecular complexity index is 811. The van der Waals surface area contributed by atoms with Crippen LogP contribution in [0.15, 0.2) is 42.6 Å². The van der Waals surface area contributed by atoms with Crippen molar-refractivity contribution < 1.29 is 19.4 Å². The average molecular weight is 299 g/mol. The fourth-order valence-corrected chi connectivity index (χ4v) is 1.92. The van der Waals surface area contributed by atoms with Gasteiger partial charge in [0, 0.05) is 6.20 Å². The quantitative estimate of drug-likeness (QED) is 0.739. The van der Waals surface area contributed by atoms with Crippen molar-refractivity contribution in [3.8, 4) is 11.5 Å². The van der Waals surface area contributed by atoms with E-state index in [1.165, 1.54) is 23.8 Å². The largest absolute Gasteiger partial charge is 0.508 e. The molecular weight excluding hydrogens is 286 g/mol. The number of carbonyl (C=O) groups is 1. The second-order valence-corrected chi connectivity index (χ2v) is 4.52. The van der Waals surface area contributed by atoms with Crippen molar-refractivity contribution in [2.24, 2.45) is 0 Å². The minimum atomic E-state index is -0.431. The van der Waals surface area contributed by atoms with Gasteiger partial charge in [0.2, 0.25) is 0 Å². The minimum Gasteiger partial charge on any atom is -0.508 e. The van der Waals surface area contributed by atoms with Gasteiger partial charge in [-0.2, -0.15) is 0 Å². The van der Waals surface area contributed by atoms with E-state index >= 15 is 0 Å². The van der Waals surface area contributed by atoms with Gasteiger partial charge in [-0.15, -0.1) is 5.10 Å². The van der Waals surface area contributed by atoms with Crippen molar-refractivity contribution in [3.63, 3.8) is 0 Å². The number of pyridine rings is 1. The summed E-state index contributed by atoms with van der Waals surface area (Å²) in [5.41, 5.74) is 1.00. The van der Waals surface area contributed by atoms with Gasteiger partial charge in [-0.1, -0.05) is 0 Å². The number of esters is 1. The van der Waals surface area contributed by atoms with Crippen LogP contribution in [0.3, 0.4) is 0 Å². The summed E-state index contributed by atoms with van der Waals surface area (Å²) >= 11 is 0. The fourth-order valence-electron chi connectivity index (χ4n) is 1.92. The third-order valence-electron chi connectivity index (χ3n) is 3.00. The van der Waals surface area contributed by atoms with Crippen LogP contribution in [0.25, 0.3) is 5.65 Å². The van der Waals surface area contributed by atoms with Crippen LogP contribution in [-0.4, -0.2) is 32.8 Å². The van der Waals surface area contributed by atoms with Crippen LogP contribution < -0.4 is 4.74 Å². The number of nitrogens with zero attached hydrogens (tertiary/aromatic N) is 3. The topological polar surface area (TPSA) is 86.0 Å². The molecule has 2 heterocycles. The van der Waals surface area contributed by atoms with E-state index in [1.807, 2.05) is 0 Å². The van der Waals surface area contributed by atoms with E-state index < -0.39 is 5.97 Å². The molecule has 0 saturated heterocycles. The molecule has 0 unspecified atom stereocenters. The molecule has 2 aromatic heterocycles. The van der Waals surface area contributed by atoms with E-state index in [1.54, 1.807) is 30.5 Å². The van der Waals surface area contributed by atoms with Crippen molar-refractivity contribution in [2.45, 2.75) is 6.61 Å². The molecular formula is C15H13N3O4. The van der Waals surface area contributed by atoms with Crippen LogP contribution in [0.5, 0.6) is 11.5 Å². The van der Waals surface area contributed by atoms with Crippen LogP contribution in [0.4, 0.5) is 0 Å². The van der Waals surface area contributed by atoms with Crippen LogP contribution >= 0.6 is 0 Å². The van der Waals surface area contributed by atoms with E-state index in [4.69, 9.17) is 4.74 Å². The van der Waals surface area contributed by atoms with Crippen molar-refractivity contribution in [1.29, 1.82) is 0 Å². The molecule has 0 aliphatic carbocycles. The molecule has 0 radical (unpaired) electrons. The van der Waals surface area contributed by atoms with Gasteiger partial charge in [-0.3, -0.25) is 0 Å². The monoisotopic (exact) mass is 299 g/mol. The van der Waals surface area contributed by atoms with Gasteiger partial charge < -0.3 is 14.6 Å². The number of hydrogen-bond donors (Lipinski definition) is 1. The number of ether oxygens (including phenoxy) is 2. The standard InChI is InChI=1S/C15H13N3O4/c1-21-15(20)10-2-7-14-16-13(17-18(14)8-10)9-22-12-5-3-11(19)4-6-12/h2-8,19H,9H2,1H3. The number of carbonyl (C=O) groups excluding carboxylic acids is 1. The summed E-state index contributed by atoms with van der Waals surface area (Å²) in [4.78, 5) is 15.8. The second-order valence-electron chi connectivity index (χ2n) is 4.52. The number of methoxy groups -OCH3 is 1. The first-order valence-electron chi connectivity index (χ1n) is 6.51. The normalized spacial score (nSPS) is 10.6. The first kappa shape index (κ1) is 13.9. The number of aromatic nitrogens is 3. The van der Waals surface area contributed by atoms with Gasteiger partial charge >= 0.3 is 5.97 Å². The number of rotatable bonds is 4. The fraction of sp³-hybridized carbons (Fsp3) is 0.133. The average Bonchev–Trinajstić information content (AvgIpc) is 2.95. The number of fused-ring (bicyclic) bond motifs is 1. The Balaban J connectivity index is 1.77. The summed E-state index contributed by atoms with van der Waals surface area (Å²) in [6.07, 6.45) is 1.55. The molecule has 0 amide bonds. The SMILES string of the molecule is COC(=O)c1ccc2nc(COc3ccc(O)cc3)nn2c1. The minimum absolute atomic E-state index is 0.175. The highest BCUT2D eigenvalue weighted by Gasteiger charge is 2.09. The van der Waals surface area contributed by atoms with E-state index in [9.17, 15) is 9.90 Å². The summed E-state index contributed by atoms with van der Waals surface area (Å²) < 4.78 is 11.7. The maximum atomic E-state index is 11.5. The Labute approximate surface area is 125 Å². The Hall–Kier alpha value is -3.09. The van der Waals surface area contributed by atoms with Crippen molar-refractivity contribution in [2.75, 3.05) is 7.11 Å². The number of benzene rings is 1. The smallest absolute Gasteiger partial charge is 0.339 e. The second kappa shape index (κ2) is 5.72. The number of phenols is 1. The Morgan fingerprint density at radius 1 is 1.23 bits per heavy atom. The number of hydrogen-bond acceptors (Lipinski definition) is 6. The van der Waals surface area contributed by atoms with Crippen molar-refractivity contribution in [1.82, 2.24) is 14.6 Å².